The molecule has 0 aromatic carbocycles. The van der Waals surface area contributed by atoms with Crippen LogP contribution in [0.15, 0.2) is 18.3 Å². The lowest BCUT2D eigenvalue weighted by atomic mass is 9.91. The van der Waals surface area contributed by atoms with Crippen LogP contribution in [-0.4, -0.2) is 61.5 Å². The summed E-state index contributed by atoms with van der Waals surface area (Å²) in [6.45, 7) is 3.24. The fourth-order valence-electron chi connectivity index (χ4n) is 4.10. The van der Waals surface area contributed by atoms with Crippen LogP contribution in [0.25, 0.3) is 0 Å². The van der Waals surface area contributed by atoms with Gasteiger partial charge in [-0.1, -0.05) is 18.1 Å². The van der Waals surface area contributed by atoms with E-state index in [1.165, 1.54) is 16.0 Å². The maximum Gasteiger partial charge on any atom is 0.273 e. The highest BCUT2D eigenvalue weighted by Crippen LogP contribution is 2.26. The number of hydrogen-bond donors (Lipinski definition) is 2. The van der Waals surface area contributed by atoms with Crippen LogP contribution in [-0.2, 0) is 6.54 Å². The predicted molar refractivity (Wildman–Crippen MR) is 109 cm³/mol. The number of nitrogens with zero attached hydrogens (tertiary/aromatic N) is 4. The number of likely N-dealkylation sites (tertiary alicyclic amines) is 1. The number of aromatic nitrogens is 3. The maximum atomic E-state index is 12.6. The molecule has 0 bridgehead atoms. The number of carbonyl (C=O) groups excluding carboxylic acids is 2. The minimum Gasteiger partial charge on any atom is -0.388 e. The zero-order valence-electron chi connectivity index (χ0n) is 16.6. The molecule has 0 atom stereocenters. The SMILES string of the molecule is Cc1ccc(C(=O)N2CCC(O)(Cn3cc(C(=O)NC4CCCC4)nn3)CC2)s1. The van der Waals surface area contributed by atoms with Crippen LogP contribution in [0.5, 0.6) is 0 Å². The summed E-state index contributed by atoms with van der Waals surface area (Å²) in [7, 11) is 0. The molecule has 2 aromatic rings. The van der Waals surface area contributed by atoms with Gasteiger partial charge in [-0.2, -0.15) is 0 Å². The zero-order chi connectivity index (χ0) is 20.4. The third kappa shape index (κ3) is 4.67. The van der Waals surface area contributed by atoms with E-state index in [1.54, 1.807) is 11.1 Å². The third-order valence-corrected chi connectivity index (χ3v) is 6.84. The highest BCUT2D eigenvalue weighted by molar-refractivity contribution is 7.13. The van der Waals surface area contributed by atoms with Gasteiger partial charge in [0.2, 0.25) is 0 Å². The second-order valence-corrected chi connectivity index (χ2v) is 9.47. The van der Waals surface area contributed by atoms with Crippen molar-refractivity contribution < 1.29 is 14.7 Å². The molecule has 2 aliphatic rings. The van der Waals surface area contributed by atoms with E-state index in [-0.39, 0.29) is 30.1 Å². The molecular formula is C20H27N5O3S. The molecule has 1 aliphatic carbocycles. The van der Waals surface area contributed by atoms with Crippen LogP contribution < -0.4 is 5.32 Å². The van der Waals surface area contributed by atoms with Gasteiger partial charge in [-0.25, -0.2) is 4.68 Å². The third-order valence-electron chi connectivity index (χ3n) is 5.85. The second kappa shape index (κ2) is 8.23. The van der Waals surface area contributed by atoms with E-state index < -0.39 is 5.60 Å². The van der Waals surface area contributed by atoms with Gasteiger partial charge >= 0.3 is 0 Å². The van der Waals surface area contributed by atoms with Gasteiger partial charge in [0.1, 0.15) is 0 Å². The van der Waals surface area contributed by atoms with E-state index in [0.717, 1.165) is 35.4 Å². The van der Waals surface area contributed by atoms with E-state index in [1.807, 2.05) is 19.1 Å². The van der Waals surface area contributed by atoms with Gasteiger partial charge in [0.25, 0.3) is 11.8 Å². The predicted octanol–water partition coefficient (Wildman–Crippen LogP) is 1.99. The van der Waals surface area contributed by atoms with E-state index >= 15 is 0 Å². The number of carbonyl (C=O) groups is 2. The van der Waals surface area contributed by atoms with Crippen molar-refractivity contribution in [2.75, 3.05) is 13.1 Å². The highest BCUT2D eigenvalue weighted by Gasteiger charge is 2.35. The number of piperidine rings is 1. The Morgan fingerprint density at radius 3 is 2.66 bits per heavy atom. The molecule has 156 valence electrons. The molecule has 1 aliphatic heterocycles. The number of amides is 2. The minimum atomic E-state index is -0.963. The summed E-state index contributed by atoms with van der Waals surface area (Å²) < 4.78 is 1.53. The number of thiophene rings is 1. The van der Waals surface area contributed by atoms with Crippen molar-refractivity contribution in [3.63, 3.8) is 0 Å². The fourth-order valence-corrected chi connectivity index (χ4v) is 4.94. The van der Waals surface area contributed by atoms with Gasteiger partial charge in [0.05, 0.1) is 23.2 Å². The van der Waals surface area contributed by atoms with Crippen LogP contribution in [0.3, 0.4) is 0 Å². The number of aryl methyl sites for hydroxylation is 1. The van der Waals surface area contributed by atoms with Gasteiger partial charge < -0.3 is 15.3 Å². The highest BCUT2D eigenvalue weighted by atomic mass is 32.1. The smallest absolute Gasteiger partial charge is 0.273 e. The first kappa shape index (κ1) is 20.0. The van der Waals surface area contributed by atoms with Gasteiger partial charge in [-0.3, -0.25) is 9.59 Å². The summed E-state index contributed by atoms with van der Waals surface area (Å²) in [6, 6.07) is 4.03. The van der Waals surface area contributed by atoms with Crippen LogP contribution in [0, 0.1) is 6.92 Å². The largest absolute Gasteiger partial charge is 0.388 e. The molecule has 0 radical (unpaired) electrons. The lowest BCUT2D eigenvalue weighted by Gasteiger charge is -2.37. The van der Waals surface area contributed by atoms with Gasteiger partial charge in [0.15, 0.2) is 5.69 Å². The lowest BCUT2D eigenvalue weighted by molar-refractivity contribution is -0.0317. The fraction of sp³-hybridized carbons (Fsp3) is 0.600. The molecule has 1 saturated heterocycles. The Kier molecular flexibility index (Phi) is 5.69. The Morgan fingerprint density at radius 1 is 1.28 bits per heavy atom. The molecule has 2 N–H and O–H groups in total. The summed E-state index contributed by atoms with van der Waals surface area (Å²) in [4.78, 5) is 28.5. The minimum absolute atomic E-state index is 0.0248. The topological polar surface area (TPSA) is 100 Å². The molecule has 29 heavy (non-hydrogen) atoms. The summed E-state index contributed by atoms with van der Waals surface area (Å²) in [5.41, 5.74) is -0.684. The van der Waals surface area contributed by atoms with Crippen LogP contribution in [0.4, 0.5) is 0 Å². The van der Waals surface area contributed by atoms with Crippen molar-refractivity contribution in [3.8, 4) is 0 Å². The quantitative estimate of drug-likeness (QED) is 0.775. The van der Waals surface area contributed by atoms with Gasteiger partial charge in [-0.05, 0) is 44.7 Å². The molecule has 2 amide bonds. The second-order valence-electron chi connectivity index (χ2n) is 8.18. The molecular weight excluding hydrogens is 390 g/mol. The summed E-state index contributed by atoms with van der Waals surface area (Å²) in [6.07, 6.45) is 6.85. The molecule has 2 aromatic heterocycles. The normalized spacial score (nSPS) is 19.4. The van der Waals surface area contributed by atoms with Crippen LogP contribution >= 0.6 is 11.3 Å². The van der Waals surface area contributed by atoms with Crippen molar-refractivity contribution in [1.82, 2.24) is 25.2 Å². The molecule has 9 heteroatoms. The van der Waals surface area contributed by atoms with Crippen molar-refractivity contribution in [1.29, 1.82) is 0 Å². The first-order chi connectivity index (χ1) is 13.9. The Bertz CT molecular complexity index is 878. The molecule has 8 nitrogen and oxygen atoms in total. The van der Waals surface area contributed by atoms with E-state index in [2.05, 4.69) is 15.6 Å². The standard InChI is InChI=1S/C20H27N5O3S/c1-14-6-7-17(29-14)19(27)24-10-8-20(28,9-11-24)13-25-12-16(22-23-25)18(26)21-15-4-2-3-5-15/h6-7,12,15,28H,2-5,8-11,13H2,1H3,(H,21,26). The average molecular weight is 418 g/mol. The lowest BCUT2D eigenvalue weighted by Crippen LogP contribution is -2.48. The van der Waals surface area contributed by atoms with Crippen LogP contribution in [0.2, 0.25) is 0 Å². The van der Waals surface area contributed by atoms with Crippen molar-refractivity contribution in [3.05, 3.63) is 33.8 Å². The Hall–Kier alpha value is -2.26. The Morgan fingerprint density at radius 2 is 2.00 bits per heavy atom. The van der Waals surface area contributed by atoms with Crippen molar-refractivity contribution in [2.45, 2.75) is 63.6 Å². The van der Waals surface area contributed by atoms with E-state index in [0.29, 0.717) is 25.9 Å². The first-order valence-electron chi connectivity index (χ1n) is 10.2. The summed E-state index contributed by atoms with van der Waals surface area (Å²) in [5.74, 6) is -0.182. The van der Waals surface area contributed by atoms with E-state index in [9.17, 15) is 14.7 Å². The number of hydrogen-bond acceptors (Lipinski definition) is 6. The zero-order valence-corrected chi connectivity index (χ0v) is 17.5. The number of rotatable bonds is 5. The van der Waals surface area contributed by atoms with Gasteiger partial charge in [0, 0.05) is 24.0 Å². The Labute approximate surface area is 173 Å². The molecule has 3 heterocycles. The summed E-state index contributed by atoms with van der Waals surface area (Å²) >= 11 is 1.49. The van der Waals surface area contributed by atoms with Crippen molar-refractivity contribution >= 4 is 23.2 Å². The molecule has 0 unspecified atom stereocenters. The van der Waals surface area contributed by atoms with E-state index in [4.69, 9.17) is 0 Å². The van der Waals surface area contributed by atoms with Crippen molar-refractivity contribution in [2.24, 2.45) is 0 Å². The number of nitrogens with one attached hydrogen (secondary N) is 1. The van der Waals surface area contributed by atoms with Crippen LogP contribution in [0.1, 0.15) is 63.6 Å². The first-order valence-corrected chi connectivity index (χ1v) is 11.0. The van der Waals surface area contributed by atoms with Gasteiger partial charge in [-0.15, -0.1) is 16.4 Å². The Balaban J connectivity index is 1.31. The monoisotopic (exact) mass is 417 g/mol. The summed E-state index contributed by atoms with van der Waals surface area (Å²) in [5, 5.41) is 21.9. The molecule has 2 fully saturated rings. The number of aliphatic hydroxyl groups is 1. The molecule has 4 rings (SSSR count). The molecule has 0 spiro atoms. The maximum absolute atomic E-state index is 12.6. The average Bonchev–Trinajstić information content (AvgIpc) is 3.44. The molecule has 1 saturated carbocycles.